The summed E-state index contributed by atoms with van der Waals surface area (Å²) in [5, 5.41) is 10.3. The van der Waals surface area contributed by atoms with E-state index in [2.05, 4.69) is 62.1 Å². The molecule has 0 saturated carbocycles. The smallest absolute Gasteiger partial charge is 0.119 e. The number of hydrogen-bond donors (Lipinski definition) is 1. The Morgan fingerprint density at radius 2 is 1.96 bits per heavy atom. The molecular weight excluding hydrogens is 298 g/mol. The minimum Gasteiger partial charge on any atom is -0.491 e. The van der Waals surface area contributed by atoms with Gasteiger partial charge in [-0.2, -0.15) is 0 Å². The molecule has 2 aromatic rings. The van der Waals surface area contributed by atoms with Crippen molar-refractivity contribution < 1.29 is 9.84 Å². The van der Waals surface area contributed by atoms with Crippen LogP contribution in [0.1, 0.15) is 36.5 Å². The van der Waals surface area contributed by atoms with Crippen LogP contribution < -0.4 is 9.64 Å². The van der Waals surface area contributed by atoms with E-state index < -0.39 is 6.10 Å². The molecule has 0 fully saturated rings. The second-order valence-electron chi connectivity index (χ2n) is 6.96. The Balaban J connectivity index is 1.55. The van der Waals surface area contributed by atoms with Crippen LogP contribution in [-0.2, 0) is 6.42 Å². The van der Waals surface area contributed by atoms with E-state index >= 15 is 0 Å². The molecule has 3 rings (SSSR count). The van der Waals surface area contributed by atoms with Gasteiger partial charge in [0.15, 0.2) is 0 Å². The van der Waals surface area contributed by atoms with Crippen LogP contribution in [0.2, 0.25) is 0 Å². The third-order valence-corrected chi connectivity index (χ3v) is 4.72. The van der Waals surface area contributed by atoms with E-state index in [0.29, 0.717) is 19.1 Å². The molecule has 24 heavy (non-hydrogen) atoms. The quantitative estimate of drug-likeness (QED) is 0.874. The number of ether oxygens (including phenoxy) is 1. The van der Waals surface area contributed by atoms with Gasteiger partial charge in [-0.25, -0.2) is 0 Å². The molecule has 0 radical (unpaired) electrons. The molecule has 1 N–H and O–H groups in total. The first-order valence-electron chi connectivity index (χ1n) is 8.79. The molecule has 0 bridgehead atoms. The van der Waals surface area contributed by atoms with Crippen molar-refractivity contribution in [3.63, 3.8) is 0 Å². The summed E-state index contributed by atoms with van der Waals surface area (Å²) >= 11 is 0. The van der Waals surface area contributed by atoms with Crippen molar-refractivity contribution in [3.05, 3.63) is 59.2 Å². The summed E-state index contributed by atoms with van der Waals surface area (Å²) in [6, 6.07) is 14.6. The van der Waals surface area contributed by atoms with Crippen LogP contribution in [0, 0.1) is 6.92 Å². The highest BCUT2D eigenvalue weighted by atomic mass is 16.5. The molecule has 1 aliphatic rings. The first-order chi connectivity index (χ1) is 11.5. The maximum Gasteiger partial charge on any atom is 0.119 e. The van der Waals surface area contributed by atoms with E-state index in [0.717, 1.165) is 18.7 Å². The van der Waals surface area contributed by atoms with Crippen molar-refractivity contribution >= 4 is 5.69 Å². The molecule has 3 heteroatoms. The molecule has 0 aromatic heterocycles. The number of anilines is 1. The summed E-state index contributed by atoms with van der Waals surface area (Å²) in [5.74, 6) is 1.35. The topological polar surface area (TPSA) is 32.7 Å². The van der Waals surface area contributed by atoms with Gasteiger partial charge in [-0.3, -0.25) is 0 Å². The average Bonchev–Trinajstić information content (AvgIpc) is 2.96. The number of β-amino-alcohol motifs (C(OH)–C–C–N with tert-alkyl or cyclic N) is 1. The molecule has 1 aliphatic heterocycles. The summed E-state index contributed by atoms with van der Waals surface area (Å²) < 4.78 is 5.80. The first kappa shape index (κ1) is 16.8. The zero-order valence-corrected chi connectivity index (χ0v) is 14.8. The largest absolute Gasteiger partial charge is 0.491 e. The predicted molar refractivity (Wildman–Crippen MR) is 99.1 cm³/mol. The molecule has 1 heterocycles. The van der Waals surface area contributed by atoms with E-state index in [-0.39, 0.29) is 0 Å². The van der Waals surface area contributed by atoms with Crippen LogP contribution in [0.25, 0.3) is 0 Å². The van der Waals surface area contributed by atoms with E-state index in [1.807, 2.05) is 6.07 Å². The summed E-state index contributed by atoms with van der Waals surface area (Å²) in [4.78, 5) is 2.25. The van der Waals surface area contributed by atoms with Crippen LogP contribution in [0.5, 0.6) is 5.75 Å². The van der Waals surface area contributed by atoms with Crippen LogP contribution in [-0.4, -0.2) is 30.9 Å². The third-order valence-electron chi connectivity index (χ3n) is 4.72. The second kappa shape index (κ2) is 7.27. The summed E-state index contributed by atoms with van der Waals surface area (Å²) in [5.41, 5.74) is 5.20. The van der Waals surface area contributed by atoms with Gasteiger partial charge in [-0.1, -0.05) is 38.1 Å². The number of nitrogens with zero attached hydrogens (tertiary/aromatic N) is 1. The van der Waals surface area contributed by atoms with Gasteiger partial charge in [0.05, 0.1) is 0 Å². The van der Waals surface area contributed by atoms with Crippen LogP contribution >= 0.6 is 0 Å². The Bertz CT molecular complexity index is 696. The van der Waals surface area contributed by atoms with Crippen molar-refractivity contribution in [2.45, 2.75) is 39.2 Å². The number of aliphatic hydroxyl groups is 1. The molecular formula is C21H27NO2. The molecule has 0 amide bonds. The maximum atomic E-state index is 10.3. The van der Waals surface area contributed by atoms with Gasteiger partial charge in [0, 0.05) is 18.8 Å². The van der Waals surface area contributed by atoms with Gasteiger partial charge in [0.1, 0.15) is 18.5 Å². The molecule has 0 aliphatic carbocycles. The maximum absolute atomic E-state index is 10.3. The van der Waals surface area contributed by atoms with Gasteiger partial charge < -0.3 is 14.7 Å². The molecule has 2 aromatic carbocycles. The van der Waals surface area contributed by atoms with Gasteiger partial charge in [-0.15, -0.1) is 0 Å². The molecule has 1 atom stereocenters. The fourth-order valence-electron chi connectivity index (χ4n) is 3.48. The number of hydrogen-bond acceptors (Lipinski definition) is 3. The van der Waals surface area contributed by atoms with Crippen LogP contribution in [0.15, 0.2) is 42.5 Å². The summed E-state index contributed by atoms with van der Waals surface area (Å²) in [7, 11) is 0. The molecule has 128 valence electrons. The zero-order chi connectivity index (χ0) is 17.1. The number of aryl methyl sites for hydroxylation is 1. The minimum absolute atomic E-state index is 0.319. The normalized spacial score (nSPS) is 14.8. The highest BCUT2D eigenvalue weighted by molar-refractivity contribution is 5.57. The zero-order valence-electron chi connectivity index (χ0n) is 14.8. The van der Waals surface area contributed by atoms with Crippen molar-refractivity contribution in [1.82, 2.24) is 0 Å². The number of aliphatic hydroxyl groups excluding tert-OH is 1. The van der Waals surface area contributed by atoms with Gasteiger partial charge in [-0.05, 0) is 54.2 Å². The lowest BCUT2D eigenvalue weighted by atomic mass is 9.98. The van der Waals surface area contributed by atoms with Crippen molar-refractivity contribution in [3.8, 4) is 5.75 Å². The Hall–Kier alpha value is -2.00. The number of rotatable bonds is 6. The Kier molecular flexibility index (Phi) is 5.10. The summed E-state index contributed by atoms with van der Waals surface area (Å²) in [6.07, 6.45) is 0.556. The third kappa shape index (κ3) is 3.73. The first-order valence-corrected chi connectivity index (χ1v) is 8.79. The lowest BCUT2D eigenvalue weighted by Crippen LogP contribution is -2.34. The lowest BCUT2D eigenvalue weighted by molar-refractivity contribution is 0.112. The van der Waals surface area contributed by atoms with E-state index in [4.69, 9.17) is 4.74 Å². The number of fused-ring (bicyclic) bond motifs is 1. The monoisotopic (exact) mass is 325 g/mol. The van der Waals surface area contributed by atoms with E-state index in [1.165, 1.54) is 22.4 Å². The number of para-hydroxylation sites is 1. The minimum atomic E-state index is -0.499. The molecule has 3 nitrogen and oxygen atoms in total. The average molecular weight is 325 g/mol. The van der Waals surface area contributed by atoms with Crippen molar-refractivity contribution in [2.24, 2.45) is 0 Å². The highest BCUT2D eigenvalue weighted by Crippen LogP contribution is 2.27. The molecule has 0 saturated heterocycles. The fourth-order valence-corrected chi connectivity index (χ4v) is 3.48. The van der Waals surface area contributed by atoms with Crippen LogP contribution in [0.3, 0.4) is 0 Å². The van der Waals surface area contributed by atoms with Crippen molar-refractivity contribution in [1.29, 1.82) is 0 Å². The van der Waals surface area contributed by atoms with Gasteiger partial charge >= 0.3 is 0 Å². The summed E-state index contributed by atoms with van der Waals surface area (Å²) in [6.45, 7) is 8.40. The lowest BCUT2D eigenvalue weighted by Gasteiger charge is -2.23. The fraction of sp³-hybridized carbons (Fsp3) is 0.429. The second-order valence-corrected chi connectivity index (χ2v) is 6.96. The van der Waals surface area contributed by atoms with Gasteiger partial charge in [0.2, 0.25) is 0 Å². The van der Waals surface area contributed by atoms with Crippen molar-refractivity contribution in [2.75, 3.05) is 24.6 Å². The standard InChI is InChI=1S/C21H27NO2/c1-15(2)20-9-8-19(12-16(20)3)24-14-18(23)13-22-11-10-17-6-4-5-7-21(17)22/h4-9,12,15,18,23H,10-11,13-14H2,1-3H3. The predicted octanol–water partition coefficient (Wildman–Crippen LogP) is 3.92. The Labute approximate surface area is 144 Å². The SMILES string of the molecule is Cc1cc(OCC(O)CN2CCc3ccccc32)ccc1C(C)C. The van der Waals surface area contributed by atoms with Gasteiger partial charge in [0.25, 0.3) is 0 Å². The van der Waals surface area contributed by atoms with E-state index in [9.17, 15) is 5.11 Å². The highest BCUT2D eigenvalue weighted by Gasteiger charge is 2.21. The van der Waals surface area contributed by atoms with E-state index in [1.54, 1.807) is 0 Å². The molecule has 0 spiro atoms. The van der Waals surface area contributed by atoms with Crippen LogP contribution in [0.4, 0.5) is 5.69 Å². The Morgan fingerprint density at radius 3 is 2.71 bits per heavy atom. The Morgan fingerprint density at radius 1 is 1.17 bits per heavy atom. The molecule has 1 unspecified atom stereocenters. The number of benzene rings is 2.